The predicted molar refractivity (Wildman–Crippen MR) is 104 cm³/mol. The zero-order chi connectivity index (χ0) is 17.8. The van der Waals surface area contributed by atoms with Crippen LogP contribution in [0.5, 0.6) is 0 Å². The molecule has 4 bridgehead atoms. The Labute approximate surface area is 158 Å². The van der Waals surface area contributed by atoms with Crippen LogP contribution >= 0.6 is 0 Å². The van der Waals surface area contributed by atoms with Crippen molar-refractivity contribution in [3.8, 4) is 0 Å². The summed E-state index contributed by atoms with van der Waals surface area (Å²) < 4.78 is 11.2. The van der Waals surface area contributed by atoms with Gasteiger partial charge in [-0.2, -0.15) is 0 Å². The molecule has 0 radical (unpaired) electrons. The van der Waals surface area contributed by atoms with Crippen molar-refractivity contribution in [2.24, 2.45) is 34.1 Å². The maximum atomic E-state index is 5.78. The monoisotopic (exact) mass is 363 g/mol. The van der Waals surface area contributed by atoms with E-state index in [4.69, 9.17) is 9.47 Å². The van der Waals surface area contributed by atoms with Gasteiger partial charge in [-0.05, 0) is 74.5 Å². The van der Waals surface area contributed by atoms with E-state index in [9.17, 15) is 0 Å². The number of nitrogens with one attached hydrogen (secondary N) is 2. The third-order valence-electron chi connectivity index (χ3n) is 7.15. The Kier molecular flexibility index (Phi) is 6.04. The van der Waals surface area contributed by atoms with E-state index < -0.39 is 0 Å². The SMILES string of the molecule is CN=C(NCCCOCC1CCOC1)NCC12CC3CC(CC(C3)C1)C2. The molecular formula is C21H37N3O2. The fourth-order valence-corrected chi connectivity index (χ4v) is 6.34. The number of ether oxygens (including phenoxy) is 2. The molecule has 1 unspecified atom stereocenters. The van der Waals surface area contributed by atoms with Gasteiger partial charge in [-0.3, -0.25) is 4.99 Å². The Balaban J connectivity index is 1.12. The molecule has 0 amide bonds. The minimum Gasteiger partial charge on any atom is -0.381 e. The lowest BCUT2D eigenvalue weighted by Gasteiger charge is -2.57. The summed E-state index contributed by atoms with van der Waals surface area (Å²) in [4.78, 5) is 4.42. The molecule has 0 aromatic heterocycles. The van der Waals surface area contributed by atoms with Crippen LogP contribution in [0.3, 0.4) is 0 Å². The van der Waals surface area contributed by atoms with Gasteiger partial charge >= 0.3 is 0 Å². The Hall–Kier alpha value is -0.810. The molecular weight excluding hydrogens is 326 g/mol. The zero-order valence-electron chi connectivity index (χ0n) is 16.5. The van der Waals surface area contributed by atoms with Gasteiger partial charge in [0.2, 0.25) is 0 Å². The molecule has 0 aromatic rings. The van der Waals surface area contributed by atoms with E-state index in [0.717, 1.165) is 76.1 Å². The first-order valence-corrected chi connectivity index (χ1v) is 10.8. The van der Waals surface area contributed by atoms with Gasteiger partial charge in [-0.25, -0.2) is 0 Å². The van der Waals surface area contributed by atoms with Crippen molar-refractivity contribution in [3.05, 3.63) is 0 Å². The second-order valence-corrected chi connectivity index (χ2v) is 9.43. The molecule has 148 valence electrons. The molecule has 0 aromatic carbocycles. The van der Waals surface area contributed by atoms with Gasteiger partial charge in [0.15, 0.2) is 5.96 Å². The molecule has 4 aliphatic carbocycles. The van der Waals surface area contributed by atoms with Gasteiger partial charge in [0.05, 0.1) is 13.2 Å². The largest absolute Gasteiger partial charge is 0.381 e. The van der Waals surface area contributed by atoms with Gasteiger partial charge in [0, 0.05) is 39.3 Å². The van der Waals surface area contributed by atoms with Crippen molar-refractivity contribution in [1.29, 1.82) is 0 Å². The first-order chi connectivity index (χ1) is 12.7. The van der Waals surface area contributed by atoms with Crippen molar-refractivity contribution in [2.75, 3.05) is 46.6 Å². The molecule has 1 saturated heterocycles. The van der Waals surface area contributed by atoms with Crippen molar-refractivity contribution >= 4 is 5.96 Å². The summed E-state index contributed by atoms with van der Waals surface area (Å²) in [6.45, 7) is 5.46. The highest BCUT2D eigenvalue weighted by Gasteiger charge is 2.50. The minimum absolute atomic E-state index is 0.554. The van der Waals surface area contributed by atoms with E-state index in [-0.39, 0.29) is 0 Å². The topological polar surface area (TPSA) is 54.9 Å². The number of rotatable bonds is 8. The van der Waals surface area contributed by atoms with Crippen LogP contribution in [0.1, 0.15) is 51.4 Å². The van der Waals surface area contributed by atoms with Crippen LogP contribution < -0.4 is 10.6 Å². The summed E-state index contributed by atoms with van der Waals surface area (Å²) in [7, 11) is 1.88. The Morgan fingerprint density at radius 1 is 1.12 bits per heavy atom. The third-order valence-corrected chi connectivity index (χ3v) is 7.15. The normalized spacial score (nSPS) is 38.7. The molecule has 5 aliphatic rings. The number of aliphatic imine (C=N–C) groups is 1. The molecule has 4 saturated carbocycles. The molecule has 1 aliphatic heterocycles. The zero-order valence-corrected chi connectivity index (χ0v) is 16.5. The average molecular weight is 364 g/mol. The minimum atomic E-state index is 0.554. The second kappa shape index (κ2) is 8.47. The lowest BCUT2D eigenvalue weighted by Crippen LogP contribution is -2.52. The van der Waals surface area contributed by atoms with Crippen LogP contribution in [-0.2, 0) is 9.47 Å². The molecule has 2 N–H and O–H groups in total. The van der Waals surface area contributed by atoms with Gasteiger partial charge in [0.1, 0.15) is 0 Å². The molecule has 5 rings (SSSR count). The van der Waals surface area contributed by atoms with Crippen molar-refractivity contribution in [2.45, 2.75) is 51.4 Å². The van der Waals surface area contributed by atoms with Crippen LogP contribution in [0.15, 0.2) is 4.99 Å². The van der Waals surface area contributed by atoms with Gasteiger partial charge in [0.25, 0.3) is 0 Å². The van der Waals surface area contributed by atoms with Crippen LogP contribution in [0, 0.1) is 29.1 Å². The fraction of sp³-hybridized carbons (Fsp3) is 0.952. The lowest BCUT2D eigenvalue weighted by atomic mass is 9.49. The Morgan fingerprint density at radius 3 is 2.46 bits per heavy atom. The van der Waals surface area contributed by atoms with Crippen molar-refractivity contribution in [1.82, 2.24) is 10.6 Å². The van der Waals surface area contributed by atoms with Gasteiger partial charge < -0.3 is 20.1 Å². The fourth-order valence-electron chi connectivity index (χ4n) is 6.34. The Morgan fingerprint density at radius 2 is 1.85 bits per heavy atom. The van der Waals surface area contributed by atoms with Crippen LogP contribution in [0.4, 0.5) is 0 Å². The first-order valence-electron chi connectivity index (χ1n) is 10.8. The summed E-state index contributed by atoms with van der Waals surface area (Å²) >= 11 is 0. The van der Waals surface area contributed by atoms with Crippen molar-refractivity contribution < 1.29 is 9.47 Å². The van der Waals surface area contributed by atoms with E-state index in [2.05, 4.69) is 15.6 Å². The maximum Gasteiger partial charge on any atom is 0.190 e. The molecule has 5 heteroatoms. The van der Waals surface area contributed by atoms with E-state index >= 15 is 0 Å². The van der Waals surface area contributed by atoms with Gasteiger partial charge in [-0.1, -0.05) is 0 Å². The summed E-state index contributed by atoms with van der Waals surface area (Å²) in [6.07, 6.45) is 11.0. The smallest absolute Gasteiger partial charge is 0.190 e. The van der Waals surface area contributed by atoms with E-state index in [1.165, 1.54) is 38.5 Å². The number of hydrogen-bond acceptors (Lipinski definition) is 3. The predicted octanol–water partition coefficient (Wildman–Crippen LogP) is 2.81. The highest BCUT2D eigenvalue weighted by molar-refractivity contribution is 5.79. The van der Waals surface area contributed by atoms with E-state index in [1.807, 2.05) is 7.05 Å². The summed E-state index contributed by atoms with van der Waals surface area (Å²) in [5.41, 5.74) is 0.554. The quantitative estimate of drug-likeness (QED) is 0.396. The van der Waals surface area contributed by atoms with Crippen molar-refractivity contribution in [3.63, 3.8) is 0 Å². The molecule has 26 heavy (non-hydrogen) atoms. The van der Waals surface area contributed by atoms with E-state index in [1.54, 1.807) is 0 Å². The number of guanidine groups is 1. The molecule has 1 atom stereocenters. The molecule has 5 fully saturated rings. The summed E-state index contributed by atoms with van der Waals surface area (Å²) in [6, 6.07) is 0. The molecule has 1 heterocycles. The standard InChI is InChI=1S/C21H37N3O2/c1-22-20(23-4-2-5-25-13-16-3-6-26-14-16)24-15-21-10-17-7-18(11-21)9-19(8-17)12-21/h16-19H,2-15H2,1H3,(H2,22,23,24). The lowest BCUT2D eigenvalue weighted by molar-refractivity contribution is -0.0492. The van der Waals surface area contributed by atoms with Crippen LogP contribution in [0.2, 0.25) is 0 Å². The second-order valence-electron chi connectivity index (χ2n) is 9.43. The van der Waals surface area contributed by atoms with Gasteiger partial charge in [-0.15, -0.1) is 0 Å². The average Bonchev–Trinajstić information content (AvgIpc) is 3.13. The molecule has 0 spiro atoms. The third kappa shape index (κ3) is 4.53. The molecule has 5 nitrogen and oxygen atoms in total. The summed E-state index contributed by atoms with van der Waals surface area (Å²) in [5.74, 6) is 4.61. The van der Waals surface area contributed by atoms with Crippen LogP contribution in [0.25, 0.3) is 0 Å². The van der Waals surface area contributed by atoms with E-state index in [0.29, 0.717) is 11.3 Å². The highest BCUT2D eigenvalue weighted by Crippen LogP contribution is 2.59. The highest BCUT2D eigenvalue weighted by atomic mass is 16.5. The summed E-state index contributed by atoms with van der Waals surface area (Å²) in [5, 5.41) is 7.11. The number of nitrogens with zero attached hydrogens (tertiary/aromatic N) is 1. The Bertz CT molecular complexity index is 452. The van der Waals surface area contributed by atoms with Crippen LogP contribution in [-0.4, -0.2) is 52.5 Å². The maximum absolute atomic E-state index is 5.78. The number of hydrogen-bond donors (Lipinski definition) is 2. The first kappa shape index (κ1) is 18.5.